The van der Waals surface area contributed by atoms with Crippen LogP contribution in [0.5, 0.6) is 0 Å². The molecular weight excluding hydrogens is 358 g/mol. The Hall–Kier alpha value is 0.980. The topological polar surface area (TPSA) is 25.0 Å². The summed E-state index contributed by atoms with van der Waals surface area (Å²) in [4.78, 5) is 4.50. The zero-order valence-electron chi connectivity index (χ0n) is 12.9. The Bertz CT molecular complexity index is 277. The molecular formula is C12H28BrN5S2. The fourth-order valence-corrected chi connectivity index (χ4v) is 5.28. The minimum atomic E-state index is 0. The van der Waals surface area contributed by atoms with Crippen LogP contribution in [0.3, 0.4) is 0 Å². The first-order chi connectivity index (χ1) is 9.08. The zero-order chi connectivity index (χ0) is 13.8. The van der Waals surface area contributed by atoms with Gasteiger partial charge in [0.2, 0.25) is 0 Å². The minimum Gasteiger partial charge on any atom is -0.308 e. The highest BCUT2D eigenvalue weighted by Gasteiger charge is 2.34. The van der Waals surface area contributed by atoms with Crippen molar-refractivity contribution in [3.05, 3.63) is 0 Å². The van der Waals surface area contributed by atoms with Crippen LogP contribution in [-0.2, 0) is 0 Å². The molecule has 0 spiro atoms. The molecule has 0 aliphatic carbocycles. The van der Waals surface area contributed by atoms with Gasteiger partial charge in [-0.3, -0.25) is 10.2 Å². The van der Waals surface area contributed by atoms with E-state index in [1.165, 1.54) is 25.9 Å². The molecule has 20 heavy (non-hydrogen) atoms. The normalized spacial score (nSPS) is 27.8. The van der Waals surface area contributed by atoms with Gasteiger partial charge in [-0.05, 0) is 41.0 Å². The number of halogens is 1. The van der Waals surface area contributed by atoms with Crippen LogP contribution in [0.15, 0.2) is 0 Å². The van der Waals surface area contributed by atoms with E-state index in [4.69, 9.17) is 0 Å². The summed E-state index contributed by atoms with van der Waals surface area (Å²) in [6.07, 6.45) is 2.67. The van der Waals surface area contributed by atoms with Crippen molar-refractivity contribution < 1.29 is 0 Å². The maximum Gasteiger partial charge on any atom is 0.133 e. The number of likely N-dealkylation sites (N-methyl/N-ethyl adjacent to an activating group) is 1. The molecule has 2 aliphatic heterocycles. The fraction of sp³-hybridized carbons (Fsp3) is 1.00. The van der Waals surface area contributed by atoms with Gasteiger partial charge in [-0.2, -0.15) is 0 Å². The molecule has 8 heteroatoms. The average molecular weight is 386 g/mol. The van der Waals surface area contributed by atoms with Crippen molar-refractivity contribution in [1.29, 1.82) is 0 Å². The highest BCUT2D eigenvalue weighted by Crippen LogP contribution is 2.39. The van der Waals surface area contributed by atoms with Gasteiger partial charge < -0.3 is 4.90 Å². The standard InChI is InChI=1S/C12H27N5S2.BrH/c1-14(2)9-10-17(16-7-5-6-8-16)12-13-11(15(3)4)18-19-12;/h11-13H,5-10H2,1-4H3;1H. The highest BCUT2D eigenvalue weighted by molar-refractivity contribution is 8.93. The largest absolute Gasteiger partial charge is 0.308 e. The zero-order valence-corrected chi connectivity index (χ0v) is 16.3. The monoisotopic (exact) mass is 385 g/mol. The van der Waals surface area contributed by atoms with E-state index in [2.05, 4.69) is 53.3 Å². The molecule has 2 saturated heterocycles. The highest BCUT2D eigenvalue weighted by atomic mass is 79.9. The van der Waals surface area contributed by atoms with Crippen LogP contribution in [0, 0.1) is 0 Å². The molecule has 120 valence electrons. The third kappa shape index (κ3) is 5.31. The molecule has 2 heterocycles. The molecule has 2 unspecified atom stereocenters. The fourth-order valence-electron chi connectivity index (χ4n) is 2.32. The van der Waals surface area contributed by atoms with Crippen molar-refractivity contribution in [2.45, 2.75) is 23.8 Å². The number of nitrogens with one attached hydrogen (secondary N) is 1. The summed E-state index contributed by atoms with van der Waals surface area (Å²) in [6, 6.07) is 0. The molecule has 0 aromatic heterocycles. The number of hydrogen-bond acceptors (Lipinski definition) is 7. The Balaban J connectivity index is 0.00000200. The summed E-state index contributed by atoms with van der Waals surface area (Å²) < 4.78 is 0. The molecule has 2 aliphatic rings. The van der Waals surface area contributed by atoms with Crippen molar-refractivity contribution in [2.24, 2.45) is 0 Å². The second kappa shape index (κ2) is 9.19. The van der Waals surface area contributed by atoms with Gasteiger partial charge in [0.1, 0.15) is 11.0 Å². The summed E-state index contributed by atoms with van der Waals surface area (Å²) >= 11 is 0. The summed E-state index contributed by atoms with van der Waals surface area (Å²) in [5.74, 6) is 0. The first kappa shape index (κ1) is 19.0. The second-order valence-electron chi connectivity index (χ2n) is 5.65. The van der Waals surface area contributed by atoms with Crippen molar-refractivity contribution >= 4 is 38.6 Å². The van der Waals surface area contributed by atoms with E-state index in [-0.39, 0.29) is 17.0 Å². The van der Waals surface area contributed by atoms with Crippen molar-refractivity contribution in [1.82, 2.24) is 25.1 Å². The van der Waals surface area contributed by atoms with Crippen LogP contribution in [-0.4, -0.2) is 85.2 Å². The third-order valence-electron chi connectivity index (χ3n) is 3.48. The van der Waals surface area contributed by atoms with E-state index < -0.39 is 0 Å². The van der Waals surface area contributed by atoms with E-state index in [1.807, 2.05) is 21.6 Å². The smallest absolute Gasteiger partial charge is 0.133 e. The SMILES string of the molecule is Br.CN(C)CCN(C1NC(N(C)C)SS1)N1CCCC1. The van der Waals surface area contributed by atoms with Crippen molar-refractivity contribution in [2.75, 3.05) is 54.4 Å². The quantitative estimate of drug-likeness (QED) is 0.692. The molecule has 5 nitrogen and oxygen atoms in total. The second-order valence-corrected chi connectivity index (χ2v) is 8.09. The lowest BCUT2D eigenvalue weighted by molar-refractivity contribution is -0.0296. The van der Waals surface area contributed by atoms with Gasteiger partial charge in [-0.15, -0.1) is 17.0 Å². The lowest BCUT2D eigenvalue weighted by Gasteiger charge is -2.36. The first-order valence-electron chi connectivity index (χ1n) is 6.99. The van der Waals surface area contributed by atoms with Crippen molar-refractivity contribution in [3.8, 4) is 0 Å². The van der Waals surface area contributed by atoms with Crippen LogP contribution in [0.2, 0.25) is 0 Å². The molecule has 2 fully saturated rings. The van der Waals surface area contributed by atoms with E-state index in [9.17, 15) is 0 Å². The molecule has 0 aromatic rings. The molecule has 0 saturated carbocycles. The Morgan fingerprint density at radius 3 is 2.10 bits per heavy atom. The van der Waals surface area contributed by atoms with Crippen LogP contribution in [0.25, 0.3) is 0 Å². The van der Waals surface area contributed by atoms with Gasteiger partial charge in [-0.1, -0.05) is 21.6 Å². The number of nitrogens with zero attached hydrogens (tertiary/aromatic N) is 4. The van der Waals surface area contributed by atoms with E-state index in [0.717, 1.165) is 13.1 Å². The Labute approximate surface area is 141 Å². The molecule has 2 atom stereocenters. The summed E-state index contributed by atoms with van der Waals surface area (Å²) in [6.45, 7) is 4.62. The van der Waals surface area contributed by atoms with Gasteiger partial charge in [0, 0.05) is 26.2 Å². The van der Waals surface area contributed by atoms with Gasteiger partial charge in [-0.25, -0.2) is 10.0 Å². The molecule has 0 bridgehead atoms. The van der Waals surface area contributed by atoms with Gasteiger partial charge in [0.25, 0.3) is 0 Å². The predicted octanol–water partition coefficient (Wildman–Crippen LogP) is 1.55. The molecule has 0 aromatic carbocycles. The van der Waals surface area contributed by atoms with E-state index in [1.54, 1.807) is 0 Å². The number of hydrazine groups is 1. The van der Waals surface area contributed by atoms with Gasteiger partial charge in [0.05, 0.1) is 0 Å². The minimum absolute atomic E-state index is 0. The van der Waals surface area contributed by atoms with Gasteiger partial charge in [0.15, 0.2) is 0 Å². The number of hydrogen-bond donors (Lipinski definition) is 1. The van der Waals surface area contributed by atoms with Gasteiger partial charge >= 0.3 is 0 Å². The molecule has 1 N–H and O–H groups in total. The lowest BCUT2D eigenvalue weighted by Crippen LogP contribution is -2.54. The summed E-state index contributed by atoms with van der Waals surface area (Å²) in [7, 11) is 12.4. The number of rotatable bonds is 6. The maximum absolute atomic E-state index is 3.71. The summed E-state index contributed by atoms with van der Waals surface area (Å²) in [5, 5.41) is 8.78. The van der Waals surface area contributed by atoms with E-state index in [0.29, 0.717) is 11.0 Å². The molecule has 2 rings (SSSR count). The van der Waals surface area contributed by atoms with Crippen LogP contribution < -0.4 is 5.32 Å². The average Bonchev–Trinajstić information content (AvgIpc) is 2.98. The van der Waals surface area contributed by atoms with E-state index >= 15 is 0 Å². The van der Waals surface area contributed by atoms with Crippen LogP contribution in [0.1, 0.15) is 12.8 Å². The predicted molar refractivity (Wildman–Crippen MR) is 96.0 cm³/mol. The molecule has 0 amide bonds. The first-order valence-corrected chi connectivity index (χ1v) is 9.26. The van der Waals surface area contributed by atoms with Crippen molar-refractivity contribution in [3.63, 3.8) is 0 Å². The van der Waals surface area contributed by atoms with Crippen LogP contribution in [0.4, 0.5) is 0 Å². The third-order valence-corrected chi connectivity index (χ3v) is 6.32. The molecule has 0 radical (unpaired) electrons. The Morgan fingerprint density at radius 1 is 1.00 bits per heavy atom. The Morgan fingerprint density at radius 2 is 1.60 bits per heavy atom. The lowest BCUT2D eigenvalue weighted by atomic mass is 10.4. The summed E-state index contributed by atoms with van der Waals surface area (Å²) in [5.41, 5.74) is 0.815. The van der Waals surface area contributed by atoms with Crippen LogP contribution >= 0.6 is 38.6 Å². The Kier molecular flexibility index (Phi) is 8.75. The maximum atomic E-state index is 3.71.